The first-order chi connectivity index (χ1) is 13.0. The number of imidazole rings is 1. The van der Waals surface area contributed by atoms with E-state index in [1.54, 1.807) is 13.8 Å². The summed E-state index contributed by atoms with van der Waals surface area (Å²) in [5, 5.41) is 0. The van der Waals surface area contributed by atoms with E-state index in [0.29, 0.717) is 11.3 Å². The number of benzene rings is 2. The van der Waals surface area contributed by atoms with E-state index < -0.39 is 21.8 Å². The minimum Gasteiger partial charge on any atom is -0.398 e. The van der Waals surface area contributed by atoms with E-state index >= 15 is 0 Å². The molecule has 0 radical (unpaired) electrons. The molecule has 2 aromatic carbocycles. The van der Waals surface area contributed by atoms with Crippen molar-refractivity contribution in [2.45, 2.75) is 24.9 Å². The summed E-state index contributed by atoms with van der Waals surface area (Å²) in [5.41, 5.74) is 6.21. The number of halogens is 3. The molecule has 6 nitrogen and oxygen atoms in total. The van der Waals surface area contributed by atoms with Crippen molar-refractivity contribution in [3.63, 3.8) is 0 Å². The molecule has 0 saturated heterocycles. The molecule has 0 saturated carbocycles. The summed E-state index contributed by atoms with van der Waals surface area (Å²) in [4.78, 5) is 3.84. The monoisotopic (exact) mass is 410 g/mol. The molecule has 3 rings (SSSR count). The zero-order valence-corrected chi connectivity index (χ0v) is 15.8. The number of nitrogens with two attached hydrogens (primary N) is 1. The van der Waals surface area contributed by atoms with Crippen molar-refractivity contribution < 1.29 is 21.6 Å². The lowest BCUT2D eigenvalue weighted by atomic mass is 10.1. The molecule has 0 aliphatic carbocycles. The summed E-state index contributed by atoms with van der Waals surface area (Å²) in [6.07, 6.45) is -1.77. The Balaban J connectivity index is 2.06. The Hall–Kier alpha value is -3.01. The normalized spacial score (nSPS) is 12.2. The number of hydrogen-bond donors (Lipinski definition) is 2. The van der Waals surface area contributed by atoms with Crippen LogP contribution in [0.1, 0.15) is 16.8 Å². The van der Waals surface area contributed by atoms with Crippen molar-refractivity contribution in [3.8, 4) is 5.69 Å². The van der Waals surface area contributed by atoms with Gasteiger partial charge in [-0.3, -0.25) is 4.72 Å². The number of rotatable bonds is 4. The molecule has 0 fully saturated rings. The predicted molar refractivity (Wildman–Crippen MR) is 99.7 cm³/mol. The fourth-order valence-electron chi connectivity index (χ4n) is 2.55. The molecule has 0 atom stereocenters. The highest BCUT2D eigenvalue weighted by atomic mass is 32.2. The Morgan fingerprint density at radius 3 is 2.39 bits per heavy atom. The number of nitrogens with zero attached hydrogens (tertiary/aromatic N) is 2. The molecule has 3 N–H and O–H groups in total. The van der Waals surface area contributed by atoms with Crippen molar-refractivity contribution in [1.29, 1.82) is 0 Å². The molecule has 0 aliphatic heterocycles. The molecule has 148 valence electrons. The average Bonchev–Trinajstić information content (AvgIpc) is 3.02. The van der Waals surface area contributed by atoms with Crippen LogP contribution in [-0.4, -0.2) is 18.0 Å². The molecule has 0 bridgehead atoms. The smallest absolute Gasteiger partial charge is 0.398 e. The molecule has 0 unspecified atom stereocenters. The molecule has 28 heavy (non-hydrogen) atoms. The van der Waals surface area contributed by atoms with Crippen LogP contribution in [0.2, 0.25) is 0 Å². The van der Waals surface area contributed by atoms with E-state index in [2.05, 4.69) is 9.71 Å². The van der Waals surface area contributed by atoms with Crippen LogP contribution in [0.5, 0.6) is 0 Å². The SMILES string of the molecule is Cc1cn(-c2cc(NS(=O)(=O)c3ccc(C)c(N)c3)cc(C(F)(F)F)c2)cn1. The Bertz CT molecular complexity index is 1140. The van der Waals surface area contributed by atoms with Crippen molar-refractivity contribution in [1.82, 2.24) is 9.55 Å². The average molecular weight is 410 g/mol. The van der Waals surface area contributed by atoms with Gasteiger partial charge < -0.3 is 10.3 Å². The van der Waals surface area contributed by atoms with Gasteiger partial charge in [0.2, 0.25) is 0 Å². The van der Waals surface area contributed by atoms with Gasteiger partial charge in [-0.25, -0.2) is 13.4 Å². The summed E-state index contributed by atoms with van der Waals surface area (Å²) in [5.74, 6) is 0. The molecule has 3 aromatic rings. The molecular formula is C18H17F3N4O2S. The van der Waals surface area contributed by atoms with Crippen molar-refractivity contribution in [2.24, 2.45) is 0 Å². The standard InChI is InChI=1S/C18H17F3N4O2S/c1-11-3-4-16(8-17(11)22)28(26,27)24-14-5-13(18(19,20)21)6-15(7-14)25-9-12(2)23-10-25/h3-10,24H,22H2,1-2H3. The van der Waals surface area contributed by atoms with Crippen LogP contribution in [0.4, 0.5) is 24.5 Å². The largest absolute Gasteiger partial charge is 0.416 e. The van der Waals surface area contributed by atoms with E-state index in [9.17, 15) is 21.6 Å². The number of anilines is 2. The van der Waals surface area contributed by atoms with Crippen LogP contribution in [0.25, 0.3) is 5.69 Å². The Morgan fingerprint density at radius 2 is 1.82 bits per heavy atom. The second kappa shape index (κ2) is 6.86. The van der Waals surface area contributed by atoms with Crippen molar-refractivity contribution >= 4 is 21.4 Å². The fraction of sp³-hybridized carbons (Fsp3) is 0.167. The molecule has 1 aromatic heterocycles. The number of nitrogens with one attached hydrogen (secondary N) is 1. The number of aromatic nitrogens is 2. The third-order valence-corrected chi connectivity index (χ3v) is 5.45. The lowest BCUT2D eigenvalue weighted by Gasteiger charge is -2.15. The summed E-state index contributed by atoms with van der Waals surface area (Å²) in [7, 11) is -4.13. The summed E-state index contributed by atoms with van der Waals surface area (Å²) < 4.78 is 68.7. The van der Waals surface area contributed by atoms with E-state index in [0.717, 1.165) is 12.1 Å². The first-order valence-electron chi connectivity index (χ1n) is 8.08. The van der Waals surface area contributed by atoms with E-state index in [-0.39, 0.29) is 22.0 Å². The first kappa shape index (κ1) is 19.7. The first-order valence-corrected chi connectivity index (χ1v) is 9.56. The Labute approximate surface area is 159 Å². The van der Waals surface area contributed by atoms with Crippen molar-refractivity contribution in [2.75, 3.05) is 10.5 Å². The highest BCUT2D eigenvalue weighted by Gasteiger charge is 2.32. The lowest BCUT2D eigenvalue weighted by molar-refractivity contribution is -0.137. The summed E-state index contributed by atoms with van der Waals surface area (Å²) in [6, 6.07) is 7.07. The Morgan fingerprint density at radius 1 is 1.11 bits per heavy atom. The van der Waals surface area contributed by atoms with Gasteiger partial charge in [-0.1, -0.05) is 6.07 Å². The third-order valence-electron chi connectivity index (χ3n) is 4.07. The number of nitrogen functional groups attached to an aromatic ring is 1. The van der Waals surface area contributed by atoms with Crippen LogP contribution in [0, 0.1) is 13.8 Å². The van der Waals surface area contributed by atoms with E-state index in [1.165, 1.54) is 41.4 Å². The number of hydrogen-bond acceptors (Lipinski definition) is 4. The maximum absolute atomic E-state index is 13.3. The van der Waals surface area contributed by atoms with Gasteiger partial charge in [0.1, 0.15) is 0 Å². The lowest BCUT2D eigenvalue weighted by Crippen LogP contribution is -2.15. The predicted octanol–water partition coefficient (Wildman–Crippen LogP) is 3.89. The van der Waals surface area contributed by atoms with Gasteiger partial charge in [-0.15, -0.1) is 0 Å². The minimum absolute atomic E-state index is 0.122. The zero-order chi connectivity index (χ0) is 20.7. The second-order valence-corrected chi connectivity index (χ2v) is 7.99. The van der Waals surface area contributed by atoms with Gasteiger partial charge in [0.15, 0.2) is 0 Å². The number of sulfonamides is 1. The number of aryl methyl sites for hydroxylation is 2. The summed E-state index contributed by atoms with van der Waals surface area (Å²) in [6.45, 7) is 3.40. The van der Waals surface area contributed by atoms with Crippen LogP contribution in [0.3, 0.4) is 0 Å². The van der Waals surface area contributed by atoms with Gasteiger partial charge in [0.25, 0.3) is 10.0 Å². The zero-order valence-electron chi connectivity index (χ0n) is 14.9. The van der Waals surface area contributed by atoms with Gasteiger partial charge in [0, 0.05) is 17.6 Å². The highest BCUT2D eigenvalue weighted by Crippen LogP contribution is 2.33. The van der Waals surface area contributed by atoms with Crippen LogP contribution < -0.4 is 10.5 Å². The summed E-state index contributed by atoms with van der Waals surface area (Å²) >= 11 is 0. The van der Waals surface area contributed by atoms with Crippen LogP contribution in [-0.2, 0) is 16.2 Å². The van der Waals surface area contributed by atoms with Crippen LogP contribution in [0.15, 0.2) is 53.8 Å². The molecule has 10 heteroatoms. The van der Waals surface area contributed by atoms with Gasteiger partial charge in [-0.2, -0.15) is 13.2 Å². The molecular weight excluding hydrogens is 393 g/mol. The number of alkyl halides is 3. The molecule has 0 aliphatic rings. The molecule has 1 heterocycles. The molecule has 0 spiro atoms. The maximum atomic E-state index is 13.3. The van der Waals surface area contributed by atoms with Crippen molar-refractivity contribution in [3.05, 3.63) is 65.7 Å². The maximum Gasteiger partial charge on any atom is 0.416 e. The van der Waals surface area contributed by atoms with Crippen LogP contribution >= 0.6 is 0 Å². The minimum atomic E-state index is -4.65. The molecule has 0 amide bonds. The van der Waals surface area contributed by atoms with Gasteiger partial charge >= 0.3 is 6.18 Å². The van der Waals surface area contributed by atoms with Gasteiger partial charge in [-0.05, 0) is 49.7 Å². The third kappa shape index (κ3) is 4.11. The van der Waals surface area contributed by atoms with E-state index in [1.807, 2.05) is 0 Å². The second-order valence-electron chi connectivity index (χ2n) is 6.31. The topological polar surface area (TPSA) is 90.0 Å². The fourth-order valence-corrected chi connectivity index (χ4v) is 3.62. The highest BCUT2D eigenvalue weighted by molar-refractivity contribution is 7.92. The Kier molecular flexibility index (Phi) is 4.84. The van der Waals surface area contributed by atoms with E-state index in [4.69, 9.17) is 5.73 Å². The quantitative estimate of drug-likeness (QED) is 0.639. The van der Waals surface area contributed by atoms with Gasteiger partial charge in [0.05, 0.1) is 28.2 Å².